The third kappa shape index (κ3) is 2.83. The number of nitrogens with zero attached hydrogens (tertiary/aromatic N) is 1. The summed E-state index contributed by atoms with van der Waals surface area (Å²) < 4.78 is 41.4. The highest BCUT2D eigenvalue weighted by molar-refractivity contribution is 6.31. The molecule has 1 N–H and O–H groups in total. The van der Waals surface area contributed by atoms with Gasteiger partial charge in [0.15, 0.2) is 0 Å². The Morgan fingerprint density at radius 3 is 2.48 bits per heavy atom. The summed E-state index contributed by atoms with van der Waals surface area (Å²) in [5, 5.41) is 10.5. The third-order valence-electron chi connectivity index (χ3n) is 4.35. The number of pyridine rings is 1. The normalized spacial score (nSPS) is 17.1. The molecule has 3 rings (SSSR count). The molecule has 1 aliphatic carbocycles. The van der Waals surface area contributed by atoms with E-state index < -0.39 is 23.1 Å². The van der Waals surface area contributed by atoms with E-state index in [1.54, 1.807) is 0 Å². The largest absolute Gasteiger partial charge is 0.383 e. The van der Waals surface area contributed by atoms with Gasteiger partial charge in [-0.05, 0) is 43.4 Å². The fourth-order valence-corrected chi connectivity index (χ4v) is 2.98. The van der Waals surface area contributed by atoms with Crippen molar-refractivity contribution in [2.45, 2.75) is 31.8 Å². The standard InChI is InChI=1S/C17H15ClF3NO/c1-2-17(23,9-3-4-9)15-6-5-12(19)16(22-15)10-7-11(18)14(21)8-13(10)20/h5-9,23H,2-4H2,1H3/t17-/m1/s1. The van der Waals surface area contributed by atoms with E-state index in [1.807, 2.05) is 6.92 Å². The molecule has 1 fully saturated rings. The molecule has 0 saturated heterocycles. The van der Waals surface area contributed by atoms with E-state index in [0.29, 0.717) is 18.2 Å². The molecule has 0 amide bonds. The summed E-state index contributed by atoms with van der Waals surface area (Å²) in [7, 11) is 0. The molecular formula is C17H15ClF3NO. The molecule has 1 aliphatic rings. The number of benzene rings is 1. The molecular weight excluding hydrogens is 327 g/mol. The first-order valence-electron chi connectivity index (χ1n) is 7.41. The van der Waals surface area contributed by atoms with Crippen LogP contribution < -0.4 is 0 Å². The predicted molar refractivity (Wildman–Crippen MR) is 81.5 cm³/mol. The van der Waals surface area contributed by atoms with E-state index in [0.717, 1.165) is 25.0 Å². The third-order valence-corrected chi connectivity index (χ3v) is 4.64. The monoisotopic (exact) mass is 341 g/mol. The fourth-order valence-electron chi connectivity index (χ4n) is 2.82. The van der Waals surface area contributed by atoms with Crippen LogP contribution in [0.1, 0.15) is 31.9 Å². The molecule has 122 valence electrons. The minimum Gasteiger partial charge on any atom is -0.383 e. The summed E-state index contributed by atoms with van der Waals surface area (Å²) >= 11 is 5.66. The quantitative estimate of drug-likeness (QED) is 0.808. The van der Waals surface area contributed by atoms with Gasteiger partial charge in [0.25, 0.3) is 0 Å². The summed E-state index contributed by atoms with van der Waals surface area (Å²) in [5.41, 5.74) is -1.39. The molecule has 0 unspecified atom stereocenters. The van der Waals surface area contributed by atoms with Gasteiger partial charge in [-0.25, -0.2) is 18.2 Å². The van der Waals surface area contributed by atoms with Crippen molar-refractivity contribution in [1.29, 1.82) is 0 Å². The van der Waals surface area contributed by atoms with Crippen molar-refractivity contribution in [3.63, 3.8) is 0 Å². The molecule has 0 radical (unpaired) electrons. The second kappa shape index (κ2) is 5.80. The molecule has 0 spiro atoms. The Labute approximate surface area is 136 Å². The van der Waals surface area contributed by atoms with Crippen LogP contribution in [0.25, 0.3) is 11.3 Å². The van der Waals surface area contributed by atoms with Crippen molar-refractivity contribution in [3.05, 3.63) is 52.4 Å². The first-order valence-corrected chi connectivity index (χ1v) is 7.79. The van der Waals surface area contributed by atoms with Crippen LogP contribution in [-0.4, -0.2) is 10.1 Å². The summed E-state index contributed by atoms with van der Waals surface area (Å²) in [4.78, 5) is 4.13. The van der Waals surface area contributed by atoms with Crippen molar-refractivity contribution < 1.29 is 18.3 Å². The SMILES string of the molecule is CC[C@](O)(c1ccc(F)c(-c2cc(Cl)c(F)cc2F)n1)C1CC1. The first kappa shape index (κ1) is 16.3. The number of aliphatic hydroxyl groups is 1. The highest BCUT2D eigenvalue weighted by atomic mass is 35.5. The van der Waals surface area contributed by atoms with Gasteiger partial charge in [0, 0.05) is 11.6 Å². The minimum atomic E-state index is -1.16. The molecule has 1 heterocycles. The topological polar surface area (TPSA) is 33.1 Å². The van der Waals surface area contributed by atoms with Crippen LogP contribution in [0.4, 0.5) is 13.2 Å². The number of rotatable bonds is 4. The molecule has 1 saturated carbocycles. The maximum absolute atomic E-state index is 14.1. The zero-order valence-corrected chi connectivity index (χ0v) is 13.2. The first-order chi connectivity index (χ1) is 10.9. The fraction of sp³-hybridized carbons (Fsp3) is 0.353. The maximum Gasteiger partial charge on any atom is 0.149 e. The summed E-state index contributed by atoms with van der Waals surface area (Å²) in [6, 6.07) is 4.14. The van der Waals surface area contributed by atoms with Gasteiger partial charge < -0.3 is 5.11 Å². The lowest BCUT2D eigenvalue weighted by molar-refractivity contribution is 0.00466. The molecule has 6 heteroatoms. The zero-order valence-electron chi connectivity index (χ0n) is 12.4. The van der Waals surface area contributed by atoms with E-state index >= 15 is 0 Å². The molecule has 23 heavy (non-hydrogen) atoms. The summed E-state index contributed by atoms with van der Waals surface area (Å²) in [6.07, 6.45) is 2.16. The van der Waals surface area contributed by atoms with Crippen LogP contribution in [0.5, 0.6) is 0 Å². The van der Waals surface area contributed by atoms with Gasteiger partial charge >= 0.3 is 0 Å². The predicted octanol–water partition coefficient (Wildman–Crippen LogP) is 4.83. The van der Waals surface area contributed by atoms with Gasteiger partial charge in [0.2, 0.25) is 0 Å². The average Bonchev–Trinajstić information content (AvgIpc) is 3.36. The Kier molecular flexibility index (Phi) is 4.10. The van der Waals surface area contributed by atoms with Gasteiger partial charge in [-0.15, -0.1) is 0 Å². The summed E-state index contributed by atoms with van der Waals surface area (Å²) in [5.74, 6) is -2.57. The second-order valence-corrected chi connectivity index (χ2v) is 6.23. The number of aromatic nitrogens is 1. The van der Waals surface area contributed by atoms with E-state index in [9.17, 15) is 18.3 Å². The van der Waals surface area contributed by atoms with Crippen molar-refractivity contribution in [3.8, 4) is 11.3 Å². The van der Waals surface area contributed by atoms with Crippen molar-refractivity contribution in [2.75, 3.05) is 0 Å². The van der Waals surface area contributed by atoms with Crippen LogP contribution >= 0.6 is 11.6 Å². The molecule has 0 bridgehead atoms. The van der Waals surface area contributed by atoms with Crippen LogP contribution in [-0.2, 0) is 5.60 Å². The Hall–Kier alpha value is -1.59. The molecule has 1 atom stereocenters. The Bertz CT molecular complexity index is 764. The van der Waals surface area contributed by atoms with E-state index in [-0.39, 0.29) is 22.2 Å². The average molecular weight is 342 g/mol. The molecule has 2 aromatic rings. The van der Waals surface area contributed by atoms with Crippen molar-refractivity contribution in [1.82, 2.24) is 4.98 Å². The number of hydrogen-bond acceptors (Lipinski definition) is 2. The van der Waals surface area contributed by atoms with Crippen LogP contribution in [0, 0.1) is 23.4 Å². The van der Waals surface area contributed by atoms with Gasteiger partial charge in [-0.1, -0.05) is 18.5 Å². The van der Waals surface area contributed by atoms with E-state index in [2.05, 4.69) is 4.98 Å². The smallest absolute Gasteiger partial charge is 0.149 e. The molecule has 1 aromatic carbocycles. The van der Waals surface area contributed by atoms with E-state index in [1.165, 1.54) is 6.07 Å². The molecule has 1 aromatic heterocycles. The van der Waals surface area contributed by atoms with Gasteiger partial charge in [0.1, 0.15) is 28.7 Å². The molecule has 2 nitrogen and oxygen atoms in total. The van der Waals surface area contributed by atoms with Crippen molar-refractivity contribution >= 4 is 11.6 Å². The van der Waals surface area contributed by atoms with Gasteiger partial charge in [0.05, 0.1) is 10.7 Å². The Morgan fingerprint density at radius 1 is 1.17 bits per heavy atom. The Balaban J connectivity index is 2.14. The highest BCUT2D eigenvalue weighted by Gasteiger charge is 2.45. The maximum atomic E-state index is 14.1. The van der Waals surface area contributed by atoms with Crippen LogP contribution in [0.15, 0.2) is 24.3 Å². The molecule has 0 aliphatic heterocycles. The number of hydrogen-bond donors (Lipinski definition) is 1. The minimum absolute atomic E-state index is 0.0694. The number of halogens is 4. The van der Waals surface area contributed by atoms with Gasteiger partial charge in [-0.2, -0.15) is 0 Å². The lowest BCUT2D eigenvalue weighted by Crippen LogP contribution is -2.29. The van der Waals surface area contributed by atoms with Gasteiger partial charge in [-0.3, -0.25) is 0 Å². The van der Waals surface area contributed by atoms with E-state index in [4.69, 9.17) is 11.6 Å². The highest BCUT2D eigenvalue weighted by Crippen LogP contribution is 2.47. The zero-order chi connectivity index (χ0) is 16.8. The van der Waals surface area contributed by atoms with Crippen LogP contribution in [0.3, 0.4) is 0 Å². The Morgan fingerprint density at radius 2 is 1.87 bits per heavy atom. The lowest BCUT2D eigenvalue weighted by atomic mass is 9.90. The van der Waals surface area contributed by atoms with Crippen molar-refractivity contribution in [2.24, 2.45) is 5.92 Å². The lowest BCUT2D eigenvalue weighted by Gasteiger charge is -2.26. The summed E-state index contributed by atoms with van der Waals surface area (Å²) in [6.45, 7) is 1.82. The second-order valence-electron chi connectivity index (χ2n) is 5.83. The van der Waals surface area contributed by atoms with Crippen LogP contribution in [0.2, 0.25) is 5.02 Å².